The number of hydrogen-bond acceptors (Lipinski definition) is 5. The first kappa shape index (κ1) is 23.6. The van der Waals surface area contributed by atoms with Crippen LogP contribution in [0.3, 0.4) is 0 Å². The number of piperidine rings is 1. The van der Waals surface area contributed by atoms with Crippen LogP contribution < -0.4 is 10.6 Å². The lowest BCUT2D eigenvalue weighted by atomic mass is 10.0. The number of rotatable bonds is 8. The van der Waals surface area contributed by atoms with Gasteiger partial charge in [0.15, 0.2) is 0 Å². The normalized spacial score (nSPS) is 17.9. The molecule has 0 unspecified atom stereocenters. The van der Waals surface area contributed by atoms with Gasteiger partial charge >= 0.3 is 11.8 Å². The fourth-order valence-corrected chi connectivity index (χ4v) is 5.08. The van der Waals surface area contributed by atoms with Crippen LogP contribution in [-0.2, 0) is 19.6 Å². The molecule has 2 amide bonds. The van der Waals surface area contributed by atoms with Crippen LogP contribution >= 0.6 is 11.6 Å². The molecule has 1 atom stereocenters. The lowest BCUT2D eigenvalue weighted by molar-refractivity contribution is -0.139. The summed E-state index contributed by atoms with van der Waals surface area (Å²) in [6.45, 7) is 1.69. The first-order chi connectivity index (χ1) is 13.7. The van der Waals surface area contributed by atoms with Gasteiger partial charge in [0, 0.05) is 37.2 Å². The fourth-order valence-electron chi connectivity index (χ4n) is 3.23. The maximum absolute atomic E-state index is 13.0. The summed E-state index contributed by atoms with van der Waals surface area (Å²) in [5.74, 6) is -1.38. The van der Waals surface area contributed by atoms with Gasteiger partial charge in [0.2, 0.25) is 10.0 Å². The smallest absolute Gasteiger partial charge is 0.309 e. The summed E-state index contributed by atoms with van der Waals surface area (Å²) in [5.41, 5.74) is 0. The highest BCUT2D eigenvalue weighted by Gasteiger charge is 2.33. The highest BCUT2D eigenvalue weighted by Crippen LogP contribution is 2.27. The van der Waals surface area contributed by atoms with E-state index < -0.39 is 21.8 Å². The maximum atomic E-state index is 13.0. The number of amides is 2. The van der Waals surface area contributed by atoms with Gasteiger partial charge in [-0.3, -0.25) is 9.59 Å². The molecule has 0 bridgehead atoms. The number of nitrogens with one attached hydrogen (secondary N) is 2. The first-order valence-electron chi connectivity index (χ1n) is 9.70. The van der Waals surface area contributed by atoms with E-state index in [1.165, 1.54) is 16.4 Å². The van der Waals surface area contributed by atoms with Crippen LogP contribution in [0.2, 0.25) is 5.02 Å². The molecule has 8 nitrogen and oxygen atoms in total. The topological polar surface area (TPSA) is 98.8 Å². The number of sulfonamides is 1. The van der Waals surface area contributed by atoms with Gasteiger partial charge in [0.05, 0.1) is 4.90 Å². The van der Waals surface area contributed by atoms with E-state index in [9.17, 15) is 18.0 Å². The molecular formula is C19H29ClN4O4S. The van der Waals surface area contributed by atoms with Crippen molar-refractivity contribution in [1.82, 2.24) is 19.8 Å². The molecule has 162 valence electrons. The van der Waals surface area contributed by atoms with Gasteiger partial charge in [-0.05, 0) is 57.6 Å². The monoisotopic (exact) mass is 444 g/mol. The molecule has 10 heteroatoms. The van der Waals surface area contributed by atoms with E-state index in [0.29, 0.717) is 31.1 Å². The minimum atomic E-state index is -3.64. The Bertz CT molecular complexity index is 799. The van der Waals surface area contributed by atoms with Crippen LogP contribution in [-0.4, -0.2) is 75.8 Å². The van der Waals surface area contributed by atoms with E-state index >= 15 is 0 Å². The van der Waals surface area contributed by atoms with Gasteiger partial charge in [0.25, 0.3) is 0 Å². The van der Waals surface area contributed by atoms with Crippen LogP contribution in [0.25, 0.3) is 0 Å². The minimum Gasteiger partial charge on any atom is -0.348 e. The van der Waals surface area contributed by atoms with E-state index in [2.05, 4.69) is 10.6 Å². The Morgan fingerprint density at radius 3 is 2.34 bits per heavy atom. The van der Waals surface area contributed by atoms with Crippen molar-refractivity contribution >= 4 is 33.4 Å². The number of hydrogen-bond donors (Lipinski definition) is 2. The molecule has 29 heavy (non-hydrogen) atoms. The van der Waals surface area contributed by atoms with E-state index in [4.69, 9.17) is 11.6 Å². The number of halogens is 1. The van der Waals surface area contributed by atoms with Crippen molar-refractivity contribution in [3.63, 3.8) is 0 Å². The van der Waals surface area contributed by atoms with Gasteiger partial charge in [-0.1, -0.05) is 18.0 Å². The Morgan fingerprint density at radius 2 is 1.72 bits per heavy atom. The Labute approximate surface area is 177 Å². The third kappa shape index (κ3) is 6.95. The summed E-state index contributed by atoms with van der Waals surface area (Å²) >= 11 is 5.86. The quantitative estimate of drug-likeness (QED) is 0.584. The number of carbonyl (C=O) groups excluding carboxylic acids is 2. The van der Waals surface area contributed by atoms with Crippen molar-refractivity contribution in [3.05, 3.63) is 29.3 Å². The molecule has 1 heterocycles. The summed E-state index contributed by atoms with van der Waals surface area (Å²) in [6.07, 6.45) is 2.89. The molecule has 2 N–H and O–H groups in total. The van der Waals surface area contributed by atoms with E-state index in [0.717, 1.165) is 19.3 Å². The molecule has 1 aromatic rings. The summed E-state index contributed by atoms with van der Waals surface area (Å²) in [6, 6.07) is 5.90. The van der Waals surface area contributed by atoms with Crippen LogP contribution in [0.5, 0.6) is 0 Å². The highest BCUT2D eigenvalue weighted by atomic mass is 35.5. The van der Waals surface area contributed by atoms with Gasteiger partial charge < -0.3 is 15.5 Å². The predicted molar refractivity (Wildman–Crippen MR) is 112 cm³/mol. The summed E-state index contributed by atoms with van der Waals surface area (Å²) < 4.78 is 27.5. The highest BCUT2D eigenvalue weighted by molar-refractivity contribution is 7.89. The van der Waals surface area contributed by atoms with Crippen molar-refractivity contribution in [2.75, 3.05) is 40.3 Å². The third-order valence-corrected chi connectivity index (χ3v) is 7.03. The lowest BCUT2D eigenvalue weighted by Crippen LogP contribution is -2.46. The second kappa shape index (κ2) is 10.9. The molecule has 1 aliphatic heterocycles. The van der Waals surface area contributed by atoms with Crippen molar-refractivity contribution in [2.24, 2.45) is 0 Å². The average molecular weight is 445 g/mol. The average Bonchev–Trinajstić information content (AvgIpc) is 2.68. The molecule has 1 fully saturated rings. The molecule has 0 spiro atoms. The molecule has 0 radical (unpaired) electrons. The van der Waals surface area contributed by atoms with E-state index in [1.807, 2.05) is 19.0 Å². The van der Waals surface area contributed by atoms with Gasteiger partial charge in [0.1, 0.15) is 0 Å². The molecule has 0 aliphatic carbocycles. The van der Waals surface area contributed by atoms with Crippen molar-refractivity contribution in [3.8, 4) is 0 Å². The number of benzene rings is 1. The SMILES string of the molecule is CN(C)CCNC(=O)C(=O)NCC[C@@H]1CCCCN1S(=O)(=O)c1ccc(Cl)cc1. The summed E-state index contributed by atoms with van der Waals surface area (Å²) in [7, 11) is 0.113. The molecule has 1 aliphatic rings. The van der Waals surface area contributed by atoms with E-state index in [-0.39, 0.29) is 17.5 Å². The van der Waals surface area contributed by atoms with Gasteiger partial charge in [-0.25, -0.2) is 8.42 Å². The standard InChI is InChI=1S/C19H29ClN4O4S/c1-23(2)14-12-22-19(26)18(25)21-11-10-16-5-3-4-13-24(16)29(27,28)17-8-6-15(20)7-9-17/h6-9,16H,3-5,10-14H2,1-2H3,(H,21,25)(H,22,26)/t16-/m0/s1. The van der Waals surface area contributed by atoms with Crippen LogP contribution in [0.15, 0.2) is 29.2 Å². The fraction of sp³-hybridized carbons (Fsp3) is 0.579. The Morgan fingerprint density at radius 1 is 1.10 bits per heavy atom. The Balaban J connectivity index is 1.90. The molecule has 0 saturated carbocycles. The predicted octanol–water partition coefficient (Wildman–Crippen LogP) is 1.07. The molecule has 1 saturated heterocycles. The van der Waals surface area contributed by atoms with Gasteiger partial charge in [-0.15, -0.1) is 0 Å². The zero-order valence-electron chi connectivity index (χ0n) is 16.9. The maximum Gasteiger partial charge on any atom is 0.309 e. The molecule has 0 aromatic heterocycles. The Hall–Kier alpha value is -1.68. The van der Waals surface area contributed by atoms with E-state index in [1.54, 1.807) is 12.1 Å². The minimum absolute atomic E-state index is 0.207. The van der Waals surface area contributed by atoms with Crippen LogP contribution in [0, 0.1) is 0 Å². The van der Waals surface area contributed by atoms with Gasteiger partial charge in [-0.2, -0.15) is 4.31 Å². The van der Waals surface area contributed by atoms with Crippen LogP contribution in [0.1, 0.15) is 25.7 Å². The molecule has 1 aromatic carbocycles. The summed E-state index contributed by atoms with van der Waals surface area (Å²) in [4.78, 5) is 25.8. The number of carbonyl (C=O) groups is 2. The molecule has 2 rings (SSSR count). The third-order valence-electron chi connectivity index (χ3n) is 4.81. The second-order valence-corrected chi connectivity index (χ2v) is 9.65. The van der Waals surface area contributed by atoms with Crippen molar-refractivity contribution in [1.29, 1.82) is 0 Å². The zero-order chi connectivity index (χ0) is 21.4. The second-order valence-electron chi connectivity index (χ2n) is 7.32. The molecular weight excluding hydrogens is 416 g/mol. The summed E-state index contributed by atoms with van der Waals surface area (Å²) in [5, 5.41) is 5.61. The Kier molecular flexibility index (Phi) is 8.88. The lowest BCUT2D eigenvalue weighted by Gasteiger charge is -2.34. The largest absolute Gasteiger partial charge is 0.348 e. The van der Waals surface area contributed by atoms with Crippen molar-refractivity contribution in [2.45, 2.75) is 36.6 Å². The number of likely N-dealkylation sites (N-methyl/N-ethyl adjacent to an activating group) is 1. The first-order valence-corrected chi connectivity index (χ1v) is 11.5. The van der Waals surface area contributed by atoms with Crippen molar-refractivity contribution < 1.29 is 18.0 Å². The number of nitrogens with zero attached hydrogens (tertiary/aromatic N) is 2. The zero-order valence-corrected chi connectivity index (χ0v) is 18.4. The van der Waals surface area contributed by atoms with Crippen LogP contribution in [0.4, 0.5) is 0 Å².